The first-order valence-electron chi connectivity index (χ1n) is 4.40. The molecule has 5 heteroatoms. The van der Waals surface area contributed by atoms with E-state index in [1.165, 1.54) is 13.0 Å². The van der Waals surface area contributed by atoms with Crippen LogP contribution in [0.15, 0.2) is 24.3 Å². The Morgan fingerprint density at radius 3 is 2.73 bits per heavy atom. The molecule has 0 aliphatic heterocycles. The van der Waals surface area contributed by atoms with Crippen molar-refractivity contribution in [3.05, 3.63) is 30.0 Å². The van der Waals surface area contributed by atoms with Crippen LogP contribution in [0.3, 0.4) is 0 Å². The average Bonchev–Trinajstić information content (AvgIpc) is 2.67. The molecule has 76 valence electrons. The largest absolute Gasteiger partial charge is 0.507 e. The van der Waals surface area contributed by atoms with Gasteiger partial charge in [-0.2, -0.15) is 15.4 Å². The Morgan fingerprint density at radius 2 is 2.07 bits per heavy atom. The van der Waals surface area contributed by atoms with Crippen molar-refractivity contribution in [1.29, 1.82) is 0 Å². The first-order valence-corrected chi connectivity index (χ1v) is 4.40. The number of hydrogen-bond acceptors (Lipinski definition) is 4. The molecule has 2 aromatic rings. The second-order valence-corrected chi connectivity index (χ2v) is 3.09. The van der Waals surface area contributed by atoms with Crippen LogP contribution in [0.5, 0.6) is 5.75 Å². The summed E-state index contributed by atoms with van der Waals surface area (Å²) in [5.74, 6) is -0.115. The summed E-state index contributed by atoms with van der Waals surface area (Å²) in [7, 11) is 0. The van der Waals surface area contributed by atoms with E-state index in [0.717, 1.165) is 0 Å². The molecule has 1 aromatic carbocycles. The number of aromatic nitrogens is 3. The van der Waals surface area contributed by atoms with Crippen LogP contribution >= 0.6 is 0 Å². The van der Waals surface area contributed by atoms with Crippen LogP contribution in [0.1, 0.15) is 17.4 Å². The van der Waals surface area contributed by atoms with Crippen molar-refractivity contribution >= 4 is 5.78 Å². The van der Waals surface area contributed by atoms with Crippen molar-refractivity contribution in [2.45, 2.75) is 6.92 Å². The van der Waals surface area contributed by atoms with Crippen LogP contribution < -0.4 is 0 Å². The number of rotatable bonds is 2. The van der Waals surface area contributed by atoms with Gasteiger partial charge >= 0.3 is 0 Å². The summed E-state index contributed by atoms with van der Waals surface area (Å²) in [6, 6.07) is 6.67. The van der Waals surface area contributed by atoms with Crippen LogP contribution in [-0.4, -0.2) is 26.3 Å². The summed E-state index contributed by atoms with van der Waals surface area (Å²) in [6.07, 6.45) is 0. The average molecular weight is 203 g/mol. The quantitative estimate of drug-likeness (QED) is 0.722. The zero-order valence-electron chi connectivity index (χ0n) is 8.06. The Labute approximate surface area is 85.8 Å². The summed E-state index contributed by atoms with van der Waals surface area (Å²) >= 11 is 0. The minimum atomic E-state index is -0.193. The highest BCUT2D eigenvalue weighted by Gasteiger charge is 2.16. The topological polar surface area (TPSA) is 78.9 Å². The molecule has 0 atom stereocenters. The first-order chi connectivity index (χ1) is 7.20. The first kappa shape index (κ1) is 9.39. The van der Waals surface area contributed by atoms with E-state index in [9.17, 15) is 9.90 Å². The number of nitrogens with zero attached hydrogens (tertiary/aromatic N) is 2. The van der Waals surface area contributed by atoms with Gasteiger partial charge < -0.3 is 5.11 Å². The molecule has 0 radical (unpaired) electrons. The summed E-state index contributed by atoms with van der Waals surface area (Å²) in [5, 5.41) is 19.6. The van der Waals surface area contributed by atoms with E-state index in [2.05, 4.69) is 15.4 Å². The Bertz CT molecular complexity index is 505. The maximum Gasteiger partial charge on any atom is 0.182 e. The number of hydrogen-bond donors (Lipinski definition) is 2. The van der Waals surface area contributed by atoms with Crippen molar-refractivity contribution in [2.75, 3.05) is 0 Å². The SMILES string of the molecule is CC(=O)c1n[nH]nc1-c1ccccc1O. The van der Waals surface area contributed by atoms with Crippen LogP contribution in [0.2, 0.25) is 0 Å². The van der Waals surface area contributed by atoms with Gasteiger partial charge in [0.2, 0.25) is 0 Å². The van der Waals surface area contributed by atoms with Gasteiger partial charge in [0, 0.05) is 12.5 Å². The lowest BCUT2D eigenvalue weighted by Crippen LogP contribution is -1.95. The van der Waals surface area contributed by atoms with Crippen LogP contribution in [-0.2, 0) is 0 Å². The number of H-pyrrole nitrogens is 1. The molecule has 1 heterocycles. The molecule has 0 bridgehead atoms. The number of phenols is 1. The molecule has 0 aliphatic rings. The molecule has 0 saturated carbocycles. The minimum absolute atomic E-state index is 0.0777. The number of para-hydroxylation sites is 1. The fraction of sp³-hybridized carbons (Fsp3) is 0.100. The third-order valence-electron chi connectivity index (χ3n) is 2.04. The Kier molecular flexibility index (Phi) is 2.21. The maximum absolute atomic E-state index is 11.2. The fourth-order valence-electron chi connectivity index (χ4n) is 1.34. The molecule has 15 heavy (non-hydrogen) atoms. The zero-order valence-corrected chi connectivity index (χ0v) is 8.06. The van der Waals surface area contributed by atoms with Gasteiger partial charge in [0.25, 0.3) is 0 Å². The molecule has 5 nitrogen and oxygen atoms in total. The number of aromatic amines is 1. The van der Waals surface area contributed by atoms with Gasteiger partial charge in [-0.25, -0.2) is 0 Å². The van der Waals surface area contributed by atoms with Crippen LogP contribution in [0.25, 0.3) is 11.3 Å². The highest BCUT2D eigenvalue weighted by molar-refractivity contribution is 5.98. The second-order valence-electron chi connectivity index (χ2n) is 3.09. The lowest BCUT2D eigenvalue weighted by molar-refractivity contribution is 0.101. The molecule has 2 rings (SSSR count). The van der Waals surface area contributed by atoms with Gasteiger partial charge in [0.15, 0.2) is 11.5 Å². The molecular weight excluding hydrogens is 194 g/mol. The molecule has 0 spiro atoms. The van der Waals surface area contributed by atoms with E-state index in [4.69, 9.17) is 0 Å². The molecule has 0 fully saturated rings. The van der Waals surface area contributed by atoms with E-state index in [1.807, 2.05) is 0 Å². The molecule has 0 saturated heterocycles. The van der Waals surface area contributed by atoms with Crippen molar-refractivity contribution in [2.24, 2.45) is 0 Å². The highest BCUT2D eigenvalue weighted by Crippen LogP contribution is 2.28. The van der Waals surface area contributed by atoms with Gasteiger partial charge in [0.1, 0.15) is 11.4 Å². The number of nitrogens with one attached hydrogen (secondary N) is 1. The van der Waals surface area contributed by atoms with Gasteiger partial charge in [-0.1, -0.05) is 12.1 Å². The number of benzene rings is 1. The van der Waals surface area contributed by atoms with E-state index in [-0.39, 0.29) is 17.2 Å². The minimum Gasteiger partial charge on any atom is -0.507 e. The summed E-state index contributed by atoms with van der Waals surface area (Å²) in [4.78, 5) is 11.2. The zero-order chi connectivity index (χ0) is 10.8. The standard InChI is InChI=1S/C10H9N3O2/c1-6(14)9-10(12-13-11-9)7-4-2-3-5-8(7)15/h2-5,15H,1H3,(H,11,12,13). The van der Waals surface area contributed by atoms with E-state index in [0.29, 0.717) is 11.3 Å². The normalized spacial score (nSPS) is 10.2. The maximum atomic E-state index is 11.2. The van der Waals surface area contributed by atoms with Crippen molar-refractivity contribution in [3.63, 3.8) is 0 Å². The molecule has 0 unspecified atom stereocenters. The number of Topliss-reactive ketones (excluding diaryl/α,β-unsaturated/α-hetero) is 1. The third-order valence-corrected chi connectivity index (χ3v) is 2.04. The highest BCUT2D eigenvalue weighted by atomic mass is 16.3. The predicted molar refractivity (Wildman–Crippen MR) is 53.5 cm³/mol. The molecular formula is C10H9N3O2. The monoisotopic (exact) mass is 203 g/mol. The fourth-order valence-corrected chi connectivity index (χ4v) is 1.34. The Morgan fingerprint density at radius 1 is 1.33 bits per heavy atom. The molecule has 1 aromatic heterocycles. The smallest absolute Gasteiger partial charge is 0.182 e. The van der Waals surface area contributed by atoms with E-state index in [1.54, 1.807) is 18.2 Å². The number of carbonyl (C=O) groups excluding carboxylic acids is 1. The van der Waals surface area contributed by atoms with E-state index < -0.39 is 0 Å². The number of phenolic OH excluding ortho intramolecular Hbond substituents is 1. The van der Waals surface area contributed by atoms with Gasteiger partial charge in [-0.05, 0) is 12.1 Å². The number of carbonyl (C=O) groups is 1. The Balaban J connectivity index is 2.59. The van der Waals surface area contributed by atoms with Crippen molar-refractivity contribution in [1.82, 2.24) is 15.4 Å². The predicted octanol–water partition coefficient (Wildman–Crippen LogP) is 1.38. The van der Waals surface area contributed by atoms with Gasteiger partial charge in [-0.3, -0.25) is 4.79 Å². The lowest BCUT2D eigenvalue weighted by Gasteiger charge is -2.00. The molecule has 0 amide bonds. The number of ketones is 1. The summed E-state index contributed by atoms with van der Waals surface area (Å²) in [6.45, 7) is 1.40. The number of aromatic hydroxyl groups is 1. The van der Waals surface area contributed by atoms with Gasteiger partial charge in [-0.15, -0.1) is 0 Å². The second kappa shape index (κ2) is 3.53. The third kappa shape index (κ3) is 1.59. The van der Waals surface area contributed by atoms with Crippen molar-refractivity contribution in [3.8, 4) is 17.0 Å². The van der Waals surface area contributed by atoms with Gasteiger partial charge in [0.05, 0.1) is 0 Å². The van der Waals surface area contributed by atoms with Crippen LogP contribution in [0, 0.1) is 0 Å². The summed E-state index contributed by atoms with van der Waals surface area (Å²) in [5.41, 5.74) is 1.11. The van der Waals surface area contributed by atoms with E-state index >= 15 is 0 Å². The van der Waals surface area contributed by atoms with Crippen molar-refractivity contribution < 1.29 is 9.90 Å². The summed E-state index contributed by atoms with van der Waals surface area (Å²) < 4.78 is 0. The molecule has 2 N–H and O–H groups in total. The van der Waals surface area contributed by atoms with Crippen LogP contribution in [0.4, 0.5) is 0 Å². The lowest BCUT2D eigenvalue weighted by atomic mass is 10.1. The molecule has 0 aliphatic carbocycles. The Hall–Kier alpha value is -2.17.